The van der Waals surface area contributed by atoms with Gasteiger partial charge >= 0.3 is 0 Å². The minimum Gasteiger partial charge on any atom is -0.508 e. The molecule has 0 radical (unpaired) electrons. The van der Waals surface area contributed by atoms with Gasteiger partial charge in [-0.1, -0.05) is 11.6 Å². The van der Waals surface area contributed by atoms with Crippen LogP contribution in [0.1, 0.15) is 5.56 Å². The number of methoxy groups -OCH3 is 1. The zero-order chi connectivity index (χ0) is 12.4. The second-order valence-corrected chi connectivity index (χ2v) is 3.87. The molecule has 0 atom stereocenters. The second-order valence-electron chi connectivity index (χ2n) is 3.87. The predicted molar refractivity (Wildman–Crippen MR) is 64.8 cm³/mol. The average Bonchev–Trinajstić information content (AvgIpc) is 2.29. The summed E-state index contributed by atoms with van der Waals surface area (Å²) < 4.78 is 19.0. The summed E-state index contributed by atoms with van der Waals surface area (Å²) in [7, 11) is 1.55. The fourth-order valence-corrected chi connectivity index (χ4v) is 1.75. The van der Waals surface area contributed by atoms with Crippen molar-refractivity contribution in [3.63, 3.8) is 0 Å². The molecule has 2 rings (SSSR count). The number of aromatic hydroxyl groups is 1. The van der Waals surface area contributed by atoms with Crippen molar-refractivity contribution in [2.24, 2.45) is 0 Å². The fourth-order valence-electron chi connectivity index (χ4n) is 1.75. The summed E-state index contributed by atoms with van der Waals surface area (Å²) in [6.45, 7) is 1.93. The van der Waals surface area contributed by atoms with Gasteiger partial charge in [-0.25, -0.2) is 4.39 Å². The number of phenolic OH excluding ortho intramolecular Hbond substituents is 1. The van der Waals surface area contributed by atoms with Gasteiger partial charge in [0.25, 0.3) is 0 Å². The van der Waals surface area contributed by atoms with E-state index in [0.29, 0.717) is 16.9 Å². The fraction of sp³-hybridized carbons (Fsp3) is 0.143. The van der Waals surface area contributed by atoms with Crippen LogP contribution in [-0.4, -0.2) is 12.2 Å². The molecule has 0 aliphatic rings. The summed E-state index contributed by atoms with van der Waals surface area (Å²) in [5.74, 6) is 0.0620. The summed E-state index contributed by atoms with van der Waals surface area (Å²) in [5, 5.41) is 9.19. The quantitative estimate of drug-likeness (QED) is 0.858. The zero-order valence-corrected chi connectivity index (χ0v) is 9.70. The van der Waals surface area contributed by atoms with E-state index in [1.807, 2.05) is 19.1 Å². The van der Waals surface area contributed by atoms with Crippen molar-refractivity contribution in [3.8, 4) is 22.6 Å². The minimum atomic E-state index is -0.464. The normalized spacial score (nSPS) is 10.3. The molecule has 0 fully saturated rings. The number of phenols is 1. The van der Waals surface area contributed by atoms with Gasteiger partial charge in [-0.3, -0.25) is 0 Å². The van der Waals surface area contributed by atoms with E-state index in [2.05, 4.69) is 0 Å². The molecule has 88 valence electrons. The van der Waals surface area contributed by atoms with Crippen molar-refractivity contribution < 1.29 is 14.2 Å². The van der Waals surface area contributed by atoms with Crippen LogP contribution in [0, 0.1) is 12.7 Å². The number of aryl methyl sites for hydroxylation is 1. The third-order valence-electron chi connectivity index (χ3n) is 2.60. The highest BCUT2D eigenvalue weighted by molar-refractivity contribution is 5.72. The maximum atomic E-state index is 13.8. The maximum Gasteiger partial charge on any atom is 0.134 e. The first-order chi connectivity index (χ1) is 8.11. The highest BCUT2D eigenvalue weighted by Gasteiger charge is 2.11. The Balaban J connectivity index is 2.62. The Morgan fingerprint density at radius 1 is 1.06 bits per heavy atom. The van der Waals surface area contributed by atoms with Crippen LogP contribution < -0.4 is 4.74 Å². The monoisotopic (exact) mass is 232 g/mol. The van der Waals surface area contributed by atoms with E-state index < -0.39 is 5.82 Å². The van der Waals surface area contributed by atoms with Gasteiger partial charge in [-0.15, -0.1) is 0 Å². The lowest BCUT2D eigenvalue weighted by Gasteiger charge is -2.10. The van der Waals surface area contributed by atoms with E-state index in [4.69, 9.17) is 4.74 Å². The summed E-state index contributed by atoms with van der Waals surface area (Å²) in [5.41, 5.74) is 2.13. The molecular formula is C14H13FO2. The molecule has 2 nitrogen and oxygen atoms in total. The van der Waals surface area contributed by atoms with Crippen molar-refractivity contribution in [1.82, 2.24) is 0 Å². The van der Waals surface area contributed by atoms with Crippen molar-refractivity contribution in [1.29, 1.82) is 0 Å². The largest absolute Gasteiger partial charge is 0.508 e. The lowest BCUT2D eigenvalue weighted by molar-refractivity contribution is 0.416. The van der Waals surface area contributed by atoms with Crippen molar-refractivity contribution >= 4 is 0 Å². The Morgan fingerprint density at radius 2 is 1.82 bits per heavy atom. The van der Waals surface area contributed by atoms with Gasteiger partial charge in [0.2, 0.25) is 0 Å². The highest BCUT2D eigenvalue weighted by atomic mass is 19.1. The number of hydrogen-bond donors (Lipinski definition) is 1. The van der Waals surface area contributed by atoms with Crippen LogP contribution in [0.4, 0.5) is 4.39 Å². The standard InChI is InChI=1S/C14H13FO2/c1-9-3-6-14(17-2)12(7-9)11-5-4-10(16)8-13(11)15/h3-8,16H,1-2H3. The molecular weight excluding hydrogens is 219 g/mol. The van der Waals surface area contributed by atoms with Gasteiger partial charge in [0.15, 0.2) is 0 Å². The Bertz CT molecular complexity index is 550. The summed E-state index contributed by atoms with van der Waals surface area (Å²) in [6, 6.07) is 9.66. The van der Waals surface area contributed by atoms with Crippen LogP contribution in [0.25, 0.3) is 11.1 Å². The van der Waals surface area contributed by atoms with Crippen molar-refractivity contribution in [2.75, 3.05) is 7.11 Å². The number of hydrogen-bond acceptors (Lipinski definition) is 2. The summed E-state index contributed by atoms with van der Waals surface area (Å²) >= 11 is 0. The number of ether oxygens (including phenoxy) is 1. The maximum absolute atomic E-state index is 13.8. The van der Waals surface area contributed by atoms with Crippen molar-refractivity contribution in [3.05, 3.63) is 47.8 Å². The molecule has 2 aromatic rings. The van der Waals surface area contributed by atoms with E-state index in [9.17, 15) is 9.50 Å². The smallest absolute Gasteiger partial charge is 0.134 e. The number of benzene rings is 2. The van der Waals surface area contributed by atoms with Crippen LogP contribution in [0.2, 0.25) is 0 Å². The first kappa shape index (κ1) is 11.5. The van der Waals surface area contributed by atoms with Gasteiger partial charge in [-0.2, -0.15) is 0 Å². The van der Waals surface area contributed by atoms with Gasteiger partial charge < -0.3 is 9.84 Å². The van der Waals surface area contributed by atoms with Crippen LogP contribution in [0.15, 0.2) is 36.4 Å². The van der Waals surface area contributed by atoms with E-state index in [1.54, 1.807) is 19.2 Å². The first-order valence-corrected chi connectivity index (χ1v) is 5.25. The number of rotatable bonds is 2. The van der Waals surface area contributed by atoms with E-state index in [0.717, 1.165) is 11.6 Å². The molecule has 0 amide bonds. The molecule has 0 saturated carbocycles. The third-order valence-corrected chi connectivity index (χ3v) is 2.60. The van der Waals surface area contributed by atoms with E-state index >= 15 is 0 Å². The van der Waals surface area contributed by atoms with Gasteiger partial charge in [0.1, 0.15) is 17.3 Å². The molecule has 0 aliphatic heterocycles. The van der Waals surface area contributed by atoms with Crippen molar-refractivity contribution in [2.45, 2.75) is 6.92 Å². The Kier molecular flexibility index (Phi) is 3.00. The minimum absolute atomic E-state index is 0.0853. The van der Waals surface area contributed by atoms with Crippen LogP contribution in [0.3, 0.4) is 0 Å². The highest BCUT2D eigenvalue weighted by Crippen LogP contribution is 2.33. The van der Waals surface area contributed by atoms with E-state index in [1.165, 1.54) is 6.07 Å². The molecule has 0 heterocycles. The molecule has 0 saturated heterocycles. The molecule has 0 aliphatic carbocycles. The molecule has 0 spiro atoms. The lowest BCUT2D eigenvalue weighted by Crippen LogP contribution is -1.91. The Hall–Kier alpha value is -2.03. The SMILES string of the molecule is COc1ccc(C)cc1-c1ccc(O)cc1F. The van der Waals surface area contributed by atoms with Gasteiger partial charge in [-0.05, 0) is 31.2 Å². The van der Waals surface area contributed by atoms with Gasteiger partial charge in [0.05, 0.1) is 7.11 Å². The zero-order valence-electron chi connectivity index (χ0n) is 9.70. The number of halogens is 1. The van der Waals surface area contributed by atoms with Gasteiger partial charge in [0, 0.05) is 17.2 Å². The molecule has 2 aromatic carbocycles. The first-order valence-electron chi connectivity index (χ1n) is 5.25. The summed E-state index contributed by atoms with van der Waals surface area (Å²) in [4.78, 5) is 0. The molecule has 0 unspecified atom stereocenters. The lowest BCUT2D eigenvalue weighted by atomic mass is 10.0. The third kappa shape index (κ3) is 2.23. The average molecular weight is 232 g/mol. The molecule has 1 N–H and O–H groups in total. The molecule has 17 heavy (non-hydrogen) atoms. The Labute approximate surface area is 99.3 Å². The molecule has 0 aromatic heterocycles. The predicted octanol–water partition coefficient (Wildman–Crippen LogP) is 3.52. The Morgan fingerprint density at radius 3 is 2.47 bits per heavy atom. The molecule has 3 heteroatoms. The van der Waals surface area contributed by atoms with Crippen LogP contribution >= 0.6 is 0 Å². The summed E-state index contributed by atoms with van der Waals surface area (Å²) in [6.07, 6.45) is 0. The second kappa shape index (κ2) is 4.45. The topological polar surface area (TPSA) is 29.5 Å². The van der Waals surface area contributed by atoms with Crippen LogP contribution in [0.5, 0.6) is 11.5 Å². The van der Waals surface area contributed by atoms with Crippen LogP contribution in [-0.2, 0) is 0 Å². The molecule has 0 bridgehead atoms. The van der Waals surface area contributed by atoms with E-state index in [-0.39, 0.29) is 5.75 Å².